The number of unbranched alkanes of at least 4 members (excludes halogenated alkanes) is 9. The van der Waals surface area contributed by atoms with Crippen molar-refractivity contribution in [3.63, 3.8) is 0 Å². The van der Waals surface area contributed by atoms with Gasteiger partial charge in [0.1, 0.15) is 5.75 Å². The molecule has 2 nitrogen and oxygen atoms in total. The lowest BCUT2D eigenvalue weighted by Crippen LogP contribution is -2.09. The number of rotatable bonds is 19. The Hall–Kier alpha value is -1.02. The summed E-state index contributed by atoms with van der Waals surface area (Å²) in [7, 11) is 0. The molecule has 1 rings (SSSR count). The standard InChI is InChI=1S/C26H46O2/c1-4-6-8-9-10-13-19-25-20-14-15-21-26(25)28-23-17-11-12-18-24(3)27-22-16-7-5-2/h14-15,20-21,24H,4-13,16-19,22-23H2,1-3H3. The quantitative estimate of drug-likeness (QED) is 0.222. The molecule has 1 atom stereocenters. The molecular weight excluding hydrogens is 344 g/mol. The van der Waals surface area contributed by atoms with Crippen molar-refractivity contribution in [3.05, 3.63) is 29.8 Å². The van der Waals surface area contributed by atoms with Crippen LogP contribution in [0.5, 0.6) is 5.75 Å². The lowest BCUT2D eigenvalue weighted by Gasteiger charge is -2.13. The second-order valence-corrected chi connectivity index (χ2v) is 8.21. The van der Waals surface area contributed by atoms with Gasteiger partial charge in [0.25, 0.3) is 0 Å². The molecule has 28 heavy (non-hydrogen) atoms. The molecule has 0 aromatic heterocycles. The monoisotopic (exact) mass is 390 g/mol. The normalized spacial score (nSPS) is 12.2. The predicted octanol–water partition coefficient (Wildman–Crippen LogP) is 8.12. The fraction of sp³-hybridized carbons (Fsp3) is 0.769. The maximum absolute atomic E-state index is 6.10. The zero-order valence-corrected chi connectivity index (χ0v) is 19.0. The van der Waals surface area contributed by atoms with E-state index in [1.807, 2.05) is 0 Å². The summed E-state index contributed by atoms with van der Waals surface area (Å²) in [5.74, 6) is 1.10. The van der Waals surface area contributed by atoms with E-state index in [-0.39, 0.29) is 0 Å². The van der Waals surface area contributed by atoms with Crippen molar-refractivity contribution in [1.29, 1.82) is 0 Å². The highest BCUT2D eigenvalue weighted by Gasteiger charge is 2.04. The average Bonchev–Trinajstić information content (AvgIpc) is 2.71. The minimum atomic E-state index is 0.399. The predicted molar refractivity (Wildman–Crippen MR) is 122 cm³/mol. The summed E-state index contributed by atoms with van der Waals surface area (Å²) in [6.45, 7) is 8.48. The number of benzene rings is 1. The lowest BCUT2D eigenvalue weighted by molar-refractivity contribution is 0.0557. The van der Waals surface area contributed by atoms with E-state index in [9.17, 15) is 0 Å². The van der Waals surface area contributed by atoms with Crippen LogP contribution in [-0.4, -0.2) is 19.3 Å². The van der Waals surface area contributed by atoms with Crippen molar-refractivity contribution in [2.75, 3.05) is 13.2 Å². The fourth-order valence-electron chi connectivity index (χ4n) is 3.56. The second-order valence-electron chi connectivity index (χ2n) is 8.21. The molecule has 0 aliphatic heterocycles. The highest BCUT2D eigenvalue weighted by Crippen LogP contribution is 2.21. The Bertz CT molecular complexity index is 458. The molecule has 0 amide bonds. The van der Waals surface area contributed by atoms with Crippen LogP contribution in [0.25, 0.3) is 0 Å². The van der Waals surface area contributed by atoms with Gasteiger partial charge in [0.15, 0.2) is 0 Å². The van der Waals surface area contributed by atoms with Gasteiger partial charge in [-0.1, -0.05) is 83.4 Å². The van der Waals surface area contributed by atoms with Crippen LogP contribution in [0.4, 0.5) is 0 Å². The van der Waals surface area contributed by atoms with Crippen LogP contribution in [0.3, 0.4) is 0 Å². The third kappa shape index (κ3) is 13.2. The SMILES string of the molecule is CCCCCCCCc1ccccc1OCCCCCC(C)OCCCCC. The molecule has 0 bridgehead atoms. The van der Waals surface area contributed by atoms with Crippen LogP contribution in [0.15, 0.2) is 24.3 Å². The molecule has 0 fully saturated rings. The van der Waals surface area contributed by atoms with E-state index in [4.69, 9.17) is 9.47 Å². The smallest absolute Gasteiger partial charge is 0.122 e. The Morgan fingerprint density at radius 2 is 1.36 bits per heavy atom. The minimum absolute atomic E-state index is 0.399. The Labute approximate surface area is 175 Å². The molecule has 2 heteroatoms. The van der Waals surface area contributed by atoms with Crippen molar-refractivity contribution in [2.45, 2.75) is 117 Å². The van der Waals surface area contributed by atoms with Gasteiger partial charge in [-0.2, -0.15) is 0 Å². The van der Waals surface area contributed by atoms with Gasteiger partial charge < -0.3 is 9.47 Å². The Morgan fingerprint density at radius 1 is 0.714 bits per heavy atom. The molecule has 0 saturated heterocycles. The van der Waals surface area contributed by atoms with Crippen LogP contribution in [0.1, 0.15) is 110 Å². The average molecular weight is 391 g/mol. The Morgan fingerprint density at radius 3 is 2.18 bits per heavy atom. The molecule has 0 saturated carbocycles. The number of ether oxygens (including phenoxy) is 2. The van der Waals surface area contributed by atoms with Gasteiger partial charge in [0, 0.05) is 6.61 Å². The van der Waals surface area contributed by atoms with Crippen molar-refractivity contribution in [2.24, 2.45) is 0 Å². The van der Waals surface area contributed by atoms with Crippen molar-refractivity contribution in [3.8, 4) is 5.75 Å². The second kappa shape index (κ2) is 18.0. The molecule has 0 spiro atoms. The number of para-hydroxylation sites is 1. The first-order chi connectivity index (χ1) is 13.8. The van der Waals surface area contributed by atoms with Crippen LogP contribution in [0.2, 0.25) is 0 Å². The van der Waals surface area contributed by atoms with Crippen molar-refractivity contribution in [1.82, 2.24) is 0 Å². The molecule has 0 aliphatic carbocycles. The van der Waals surface area contributed by atoms with Gasteiger partial charge in [-0.25, -0.2) is 0 Å². The summed E-state index contributed by atoms with van der Waals surface area (Å²) in [6, 6.07) is 8.61. The summed E-state index contributed by atoms with van der Waals surface area (Å²) in [6.07, 6.45) is 18.1. The molecule has 162 valence electrons. The highest BCUT2D eigenvalue weighted by atomic mass is 16.5. The van der Waals surface area contributed by atoms with Crippen LogP contribution in [-0.2, 0) is 11.2 Å². The third-order valence-corrected chi connectivity index (χ3v) is 5.44. The van der Waals surface area contributed by atoms with Crippen LogP contribution < -0.4 is 4.74 Å². The summed E-state index contributed by atoms with van der Waals surface area (Å²) in [5.41, 5.74) is 1.38. The van der Waals surface area contributed by atoms with Crippen LogP contribution >= 0.6 is 0 Å². The Kier molecular flexibility index (Phi) is 16.1. The van der Waals surface area contributed by atoms with Gasteiger partial charge >= 0.3 is 0 Å². The molecule has 0 N–H and O–H groups in total. The maximum atomic E-state index is 6.10. The van der Waals surface area contributed by atoms with E-state index in [0.717, 1.165) is 31.8 Å². The van der Waals surface area contributed by atoms with E-state index in [2.05, 4.69) is 45.0 Å². The summed E-state index contributed by atoms with van der Waals surface area (Å²) in [4.78, 5) is 0. The van der Waals surface area contributed by atoms with Gasteiger partial charge in [-0.3, -0.25) is 0 Å². The fourth-order valence-corrected chi connectivity index (χ4v) is 3.56. The third-order valence-electron chi connectivity index (χ3n) is 5.44. The molecule has 1 unspecified atom stereocenters. The van der Waals surface area contributed by atoms with Crippen molar-refractivity contribution < 1.29 is 9.47 Å². The van der Waals surface area contributed by atoms with E-state index >= 15 is 0 Å². The summed E-state index contributed by atoms with van der Waals surface area (Å²) >= 11 is 0. The number of aryl methyl sites for hydroxylation is 1. The number of hydrogen-bond acceptors (Lipinski definition) is 2. The minimum Gasteiger partial charge on any atom is -0.493 e. The largest absolute Gasteiger partial charge is 0.493 e. The molecular formula is C26H46O2. The first-order valence-corrected chi connectivity index (χ1v) is 12.1. The summed E-state index contributed by atoms with van der Waals surface area (Å²) < 4.78 is 12.0. The van der Waals surface area contributed by atoms with Gasteiger partial charge in [0.05, 0.1) is 12.7 Å². The lowest BCUT2D eigenvalue weighted by atomic mass is 10.0. The van der Waals surface area contributed by atoms with E-state index in [1.54, 1.807) is 0 Å². The zero-order chi connectivity index (χ0) is 20.3. The Balaban J connectivity index is 2.10. The maximum Gasteiger partial charge on any atom is 0.122 e. The zero-order valence-electron chi connectivity index (χ0n) is 19.0. The van der Waals surface area contributed by atoms with Gasteiger partial charge in [-0.05, 0) is 57.1 Å². The first-order valence-electron chi connectivity index (χ1n) is 12.1. The van der Waals surface area contributed by atoms with Crippen LogP contribution in [0, 0.1) is 0 Å². The van der Waals surface area contributed by atoms with E-state index < -0.39 is 0 Å². The van der Waals surface area contributed by atoms with E-state index in [0.29, 0.717) is 6.10 Å². The topological polar surface area (TPSA) is 18.5 Å². The molecule has 0 heterocycles. The molecule has 0 aliphatic rings. The van der Waals surface area contributed by atoms with E-state index in [1.165, 1.54) is 82.6 Å². The van der Waals surface area contributed by atoms with Crippen molar-refractivity contribution >= 4 is 0 Å². The number of hydrogen-bond donors (Lipinski definition) is 0. The molecule has 1 aromatic rings. The highest BCUT2D eigenvalue weighted by molar-refractivity contribution is 5.33. The first kappa shape index (κ1) is 25.0. The molecule has 0 radical (unpaired) electrons. The van der Waals surface area contributed by atoms with Gasteiger partial charge in [-0.15, -0.1) is 0 Å². The van der Waals surface area contributed by atoms with Gasteiger partial charge in [0.2, 0.25) is 0 Å². The summed E-state index contributed by atoms with van der Waals surface area (Å²) in [5, 5.41) is 0. The molecule has 1 aromatic carbocycles.